The standard InChI is InChI=1S/C16H19N3O6S2/c1-16(2,3)25-15(20)18-7-6-11(9-18)27(23,24)14-17-12-8-10(19(21)22)4-5-13(12)26-14/h4-5,8,11H,6-7,9H2,1-3H3/t11-/m0/s1. The predicted octanol–water partition coefficient (Wildman–Crippen LogP) is 2.99. The zero-order chi connectivity index (χ0) is 20.0. The van der Waals surface area contributed by atoms with Crippen LogP contribution in [0.5, 0.6) is 0 Å². The first kappa shape index (κ1) is 19.5. The maximum Gasteiger partial charge on any atom is 0.410 e. The van der Waals surface area contributed by atoms with Crippen LogP contribution < -0.4 is 0 Å². The maximum atomic E-state index is 12.9. The minimum atomic E-state index is -3.76. The van der Waals surface area contributed by atoms with Crippen LogP contribution in [0.1, 0.15) is 27.2 Å². The van der Waals surface area contributed by atoms with Gasteiger partial charge in [-0.3, -0.25) is 10.1 Å². The molecule has 1 amide bonds. The normalized spacial score (nSPS) is 18.0. The molecule has 0 N–H and O–H groups in total. The average Bonchev–Trinajstić information content (AvgIpc) is 3.20. The molecule has 27 heavy (non-hydrogen) atoms. The average molecular weight is 413 g/mol. The molecule has 0 unspecified atom stereocenters. The van der Waals surface area contributed by atoms with Gasteiger partial charge < -0.3 is 9.64 Å². The molecule has 11 heteroatoms. The number of ether oxygens (including phenoxy) is 1. The molecular formula is C16H19N3O6S2. The zero-order valence-corrected chi connectivity index (χ0v) is 16.7. The van der Waals surface area contributed by atoms with E-state index in [0.717, 1.165) is 11.3 Å². The number of nitro groups is 1. The van der Waals surface area contributed by atoms with Gasteiger partial charge in [0.25, 0.3) is 5.69 Å². The van der Waals surface area contributed by atoms with Gasteiger partial charge in [-0.05, 0) is 33.3 Å². The summed E-state index contributed by atoms with van der Waals surface area (Å²) in [4.78, 5) is 27.9. The number of sulfone groups is 1. The number of thiazole rings is 1. The summed E-state index contributed by atoms with van der Waals surface area (Å²) in [7, 11) is -3.76. The lowest BCUT2D eigenvalue weighted by molar-refractivity contribution is -0.384. The van der Waals surface area contributed by atoms with Gasteiger partial charge in [0.05, 0.1) is 20.4 Å². The highest BCUT2D eigenvalue weighted by molar-refractivity contribution is 7.94. The van der Waals surface area contributed by atoms with Crippen molar-refractivity contribution >= 4 is 43.2 Å². The summed E-state index contributed by atoms with van der Waals surface area (Å²) in [6.07, 6.45) is -0.252. The van der Waals surface area contributed by atoms with Crippen LogP contribution in [-0.2, 0) is 14.6 Å². The lowest BCUT2D eigenvalue weighted by Gasteiger charge is -2.24. The van der Waals surface area contributed by atoms with Crippen molar-refractivity contribution in [1.29, 1.82) is 0 Å². The second-order valence-corrected chi connectivity index (χ2v) is 10.7. The summed E-state index contributed by atoms with van der Waals surface area (Å²) < 4.78 is 31.6. The van der Waals surface area contributed by atoms with Gasteiger partial charge in [-0.2, -0.15) is 0 Å². The molecule has 2 aromatic rings. The van der Waals surface area contributed by atoms with Crippen molar-refractivity contribution in [2.24, 2.45) is 0 Å². The molecule has 0 radical (unpaired) electrons. The van der Waals surface area contributed by atoms with E-state index < -0.39 is 31.7 Å². The summed E-state index contributed by atoms with van der Waals surface area (Å²) in [6.45, 7) is 5.56. The van der Waals surface area contributed by atoms with Crippen LogP contribution in [0.15, 0.2) is 22.5 Å². The smallest absolute Gasteiger partial charge is 0.410 e. The molecule has 1 aromatic carbocycles. The van der Waals surface area contributed by atoms with E-state index in [9.17, 15) is 23.3 Å². The summed E-state index contributed by atoms with van der Waals surface area (Å²) >= 11 is 0.975. The van der Waals surface area contributed by atoms with E-state index in [0.29, 0.717) is 4.70 Å². The number of aromatic nitrogens is 1. The van der Waals surface area contributed by atoms with E-state index >= 15 is 0 Å². The number of carbonyl (C=O) groups excluding carboxylic acids is 1. The molecule has 1 aliphatic heterocycles. The number of nitrogens with zero attached hydrogens (tertiary/aromatic N) is 3. The summed E-state index contributed by atoms with van der Waals surface area (Å²) in [5.74, 6) is 0. The molecule has 1 saturated heterocycles. The predicted molar refractivity (Wildman–Crippen MR) is 99.7 cm³/mol. The zero-order valence-electron chi connectivity index (χ0n) is 15.0. The molecule has 3 rings (SSSR count). The van der Waals surface area contributed by atoms with Gasteiger partial charge in [0, 0.05) is 25.2 Å². The first-order valence-corrected chi connectivity index (χ1v) is 10.6. The minimum absolute atomic E-state index is 0.0350. The van der Waals surface area contributed by atoms with Crippen molar-refractivity contribution < 1.29 is 22.9 Å². The topological polar surface area (TPSA) is 120 Å². The van der Waals surface area contributed by atoms with Crippen molar-refractivity contribution in [3.63, 3.8) is 0 Å². The van der Waals surface area contributed by atoms with Gasteiger partial charge in [0.15, 0.2) is 0 Å². The molecule has 0 aliphatic carbocycles. The van der Waals surface area contributed by atoms with Crippen LogP contribution in [0.4, 0.5) is 10.5 Å². The molecule has 0 saturated carbocycles. The number of nitro benzene ring substituents is 1. The van der Waals surface area contributed by atoms with Crippen molar-refractivity contribution in [3.05, 3.63) is 28.3 Å². The van der Waals surface area contributed by atoms with Crippen LogP contribution in [0.2, 0.25) is 0 Å². The number of non-ortho nitro benzene ring substituents is 1. The Balaban J connectivity index is 1.82. The maximum absolute atomic E-state index is 12.9. The fraction of sp³-hybridized carbons (Fsp3) is 0.500. The number of rotatable bonds is 3. The first-order chi connectivity index (χ1) is 12.5. The third-order valence-electron chi connectivity index (χ3n) is 4.04. The number of likely N-dealkylation sites (tertiary alicyclic amines) is 1. The number of hydrogen-bond donors (Lipinski definition) is 0. The second-order valence-electron chi connectivity index (χ2n) is 7.27. The Kier molecular flexibility index (Phi) is 4.85. The fourth-order valence-electron chi connectivity index (χ4n) is 2.75. The van der Waals surface area contributed by atoms with Crippen molar-refractivity contribution in [2.45, 2.75) is 42.4 Å². The van der Waals surface area contributed by atoms with Crippen LogP contribution in [-0.4, -0.2) is 53.3 Å². The van der Waals surface area contributed by atoms with Crippen molar-refractivity contribution in [3.8, 4) is 0 Å². The third-order valence-corrected chi connectivity index (χ3v) is 7.66. The van der Waals surface area contributed by atoms with E-state index in [1.54, 1.807) is 20.8 Å². The number of amides is 1. The van der Waals surface area contributed by atoms with E-state index in [-0.39, 0.29) is 35.1 Å². The van der Waals surface area contributed by atoms with Gasteiger partial charge in [0.1, 0.15) is 5.60 Å². The highest BCUT2D eigenvalue weighted by Crippen LogP contribution is 2.32. The Morgan fingerprint density at radius 1 is 1.41 bits per heavy atom. The number of benzene rings is 1. The number of hydrogen-bond acceptors (Lipinski definition) is 8. The monoisotopic (exact) mass is 413 g/mol. The molecular weight excluding hydrogens is 394 g/mol. The highest BCUT2D eigenvalue weighted by atomic mass is 32.2. The Morgan fingerprint density at radius 2 is 2.11 bits per heavy atom. The quantitative estimate of drug-likeness (QED) is 0.560. The molecule has 1 aromatic heterocycles. The van der Waals surface area contributed by atoms with Gasteiger partial charge in [-0.1, -0.05) is 0 Å². The van der Waals surface area contributed by atoms with Crippen LogP contribution in [0.25, 0.3) is 10.2 Å². The minimum Gasteiger partial charge on any atom is -0.444 e. The molecule has 0 bridgehead atoms. The van der Waals surface area contributed by atoms with Gasteiger partial charge in [-0.25, -0.2) is 18.2 Å². The van der Waals surface area contributed by atoms with E-state index in [4.69, 9.17) is 4.74 Å². The van der Waals surface area contributed by atoms with E-state index in [1.165, 1.54) is 23.1 Å². The molecule has 2 heterocycles. The van der Waals surface area contributed by atoms with E-state index in [1.807, 2.05) is 0 Å². The van der Waals surface area contributed by atoms with Gasteiger partial charge >= 0.3 is 6.09 Å². The number of fused-ring (bicyclic) bond motifs is 1. The molecule has 0 spiro atoms. The largest absolute Gasteiger partial charge is 0.444 e. The molecule has 1 aliphatic rings. The molecule has 1 atom stereocenters. The molecule has 1 fully saturated rings. The van der Waals surface area contributed by atoms with Crippen LogP contribution in [0, 0.1) is 10.1 Å². The van der Waals surface area contributed by atoms with Crippen LogP contribution >= 0.6 is 11.3 Å². The summed E-state index contributed by atoms with van der Waals surface area (Å²) in [5.41, 5.74) is -0.529. The number of carbonyl (C=O) groups is 1. The Morgan fingerprint density at radius 3 is 2.74 bits per heavy atom. The lowest BCUT2D eigenvalue weighted by Crippen LogP contribution is -2.36. The Bertz CT molecular complexity index is 1010. The Labute approximate surface area is 160 Å². The summed E-state index contributed by atoms with van der Waals surface area (Å²) in [5, 5.41) is 10.1. The van der Waals surface area contributed by atoms with Crippen LogP contribution in [0.3, 0.4) is 0 Å². The second kappa shape index (κ2) is 6.71. The lowest BCUT2D eigenvalue weighted by atomic mass is 10.2. The van der Waals surface area contributed by atoms with Crippen molar-refractivity contribution in [2.75, 3.05) is 13.1 Å². The first-order valence-electron chi connectivity index (χ1n) is 8.24. The van der Waals surface area contributed by atoms with Gasteiger partial charge in [-0.15, -0.1) is 11.3 Å². The van der Waals surface area contributed by atoms with Gasteiger partial charge in [0.2, 0.25) is 14.2 Å². The SMILES string of the molecule is CC(C)(C)OC(=O)N1CC[C@H](S(=O)(=O)c2nc3cc([N+](=O)[O-])ccc3s2)C1. The van der Waals surface area contributed by atoms with Crippen molar-refractivity contribution in [1.82, 2.24) is 9.88 Å². The highest BCUT2D eigenvalue weighted by Gasteiger charge is 2.39. The Hall–Kier alpha value is -2.27. The third kappa shape index (κ3) is 4.03. The molecule has 146 valence electrons. The van der Waals surface area contributed by atoms with E-state index in [2.05, 4.69) is 4.98 Å². The molecule has 9 nitrogen and oxygen atoms in total. The fourth-order valence-corrected chi connectivity index (χ4v) is 5.87. The summed E-state index contributed by atoms with van der Waals surface area (Å²) in [6, 6.07) is 4.06.